The number of nitrogens with two attached hydrogens (primary N) is 1. The third kappa shape index (κ3) is 3.56. The number of hydrogen-bond donors (Lipinski definition) is 3. The highest BCUT2D eigenvalue weighted by atomic mass is 16.5. The topological polar surface area (TPSA) is 88.3 Å². The molecule has 0 radical (unpaired) electrons. The molecule has 0 bridgehead atoms. The fourth-order valence-electron chi connectivity index (χ4n) is 2.63. The number of allylic oxidation sites excluding steroid dienone is 1. The summed E-state index contributed by atoms with van der Waals surface area (Å²) in [6.07, 6.45) is 1.10. The van der Waals surface area contributed by atoms with Crippen molar-refractivity contribution in [1.82, 2.24) is 4.98 Å². The van der Waals surface area contributed by atoms with Crippen LogP contribution < -0.4 is 5.73 Å². The molecule has 5 nitrogen and oxygen atoms in total. The molecule has 5 heteroatoms. The second-order valence-electron chi connectivity index (χ2n) is 5.84. The van der Waals surface area contributed by atoms with Crippen molar-refractivity contribution in [2.75, 3.05) is 6.61 Å². The number of carbonyl (C=O) groups is 1. The first kappa shape index (κ1) is 16.8. The van der Waals surface area contributed by atoms with Gasteiger partial charge in [0.25, 0.3) is 0 Å². The number of aliphatic hydroxyl groups is 1. The van der Waals surface area contributed by atoms with Crippen molar-refractivity contribution in [1.29, 1.82) is 0 Å². The van der Waals surface area contributed by atoms with Crippen molar-refractivity contribution in [2.45, 2.75) is 13.0 Å². The van der Waals surface area contributed by atoms with Crippen LogP contribution in [0.2, 0.25) is 0 Å². The number of benzene rings is 2. The first-order valence-electron chi connectivity index (χ1n) is 8.04. The van der Waals surface area contributed by atoms with Gasteiger partial charge in [0.2, 0.25) is 5.78 Å². The number of rotatable bonds is 6. The molecule has 2 aromatic carbocycles. The van der Waals surface area contributed by atoms with Gasteiger partial charge in [0.15, 0.2) is 5.76 Å². The lowest BCUT2D eigenvalue weighted by atomic mass is 10.0. The number of Topliss-reactive ketones (excluding diaryl/α,β-unsaturated/α-hetero) is 1. The van der Waals surface area contributed by atoms with Crippen LogP contribution >= 0.6 is 0 Å². The van der Waals surface area contributed by atoms with Gasteiger partial charge in [0.05, 0.1) is 11.8 Å². The van der Waals surface area contributed by atoms with E-state index in [0.717, 1.165) is 10.9 Å². The average Bonchev–Trinajstić information content (AvgIpc) is 3.10. The van der Waals surface area contributed by atoms with E-state index in [2.05, 4.69) is 4.98 Å². The molecule has 0 saturated heterocycles. The van der Waals surface area contributed by atoms with Crippen LogP contribution in [0, 0.1) is 0 Å². The number of hydrogen-bond acceptors (Lipinski definition) is 4. The Bertz CT molecular complexity index is 911. The predicted molar refractivity (Wildman–Crippen MR) is 97.8 cm³/mol. The molecule has 3 aromatic rings. The lowest BCUT2D eigenvalue weighted by Crippen LogP contribution is -2.18. The maximum Gasteiger partial charge on any atom is 0.229 e. The van der Waals surface area contributed by atoms with Crippen LogP contribution in [0.25, 0.3) is 16.6 Å². The zero-order valence-corrected chi connectivity index (χ0v) is 13.9. The highest BCUT2D eigenvalue weighted by Gasteiger charge is 2.20. The van der Waals surface area contributed by atoms with Crippen LogP contribution in [0.1, 0.15) is 22.8 Å². The van der Waals surface area contributed by atoms with E-state index in [4.69, 9.17) is 10.5 Å². The molecule has 0 spiro atoms. The van der Waals surface area contributed by atoms with Gasteiger partial charge in [0.1, 0.15) is 6.61 Å². The van der Waals surface area contributed by atoms with Gasteiger partial charge in [-0.2, -0.15) is 0 Å². The first-order valence-corrected chi connectivity index (χ1v) is 8.04. The quantitative estimate of drug-likeness (QED) is 0.367. The lowest BCUT2D eigenvalue weighted by Gasteiger charge is -2.15. The number of fused-ring (bicyclic) bond motifs is 1. The molecule has 128 valence electrons. The number of carbonyl (C=O) groups excluding carboxylic acids is 1. The molecule has 25 heavy (non-hydrogen) atoms. The van der Waals surface area contributed by atoms with Gasteiger partial charge in [-0.3, -0.25) is 4.79 Å². The largest absolute Gasteiger partial charge is 0.485 e. The average molecular weight is 336 g/mol. The zero-order chi connectivity index (χ0) is 17.8. The monoisotopic (exact) mass is 336 g/mol. The zero-order valence-electron chi connectivity index (χ0n) is 13.9. The smallest absolute Gasteiger partial charge is 0.229 e. The van der Waals surface area contributed by atoms with E-state index in [1.54, 1.807) is 31.2 Å². The minimum atomic E-state index is -0.713. The number of aromatic amines is 1. The Balaban J connectivity index is 2.10. The van der Waals surface area contributed by atoms with E-state index in [1.165, 1.54) is 0 Å². The highest BCUT2D eigenvalue weighted by molar-refractivity contribution is 6.12. The molecule has 1 unspecified atom stereocenters. The number of nitrogens with one attached hydrogen (secondary N) is 1. The van der Waals surface area contributed by atoms with Crippen molar-refractivity contribution in [3.05, 3.63) is 77.7 Å². The van der Waals surface area contributed by atoms with Crippen LogP contribution in [0.4, 0.5) is 0 Å². The number of ketones is 1. The van der Waals surface area contributed by atoms with Gasteiger partial charge in [0, 0.05) is 28.2 Å². The molecule has 0 aliphatic rings. The lowest BCUT2D eigenvalue weighted by molar-refractivity contribution is 0.0697. The van der Waals surface area contributed by atoms with E-state index in [9.17, 15) is 9.90 Å². The first-order chi connectivity index (χ1) is 12.1. The second-order valence-corrected chi connectivity index (χ2v) is 5.84. The maximum atomic E-state index is 12.9. The summed E-state index contributed by atoms with van der Waals surface area (Å²) in [5.41, 5.74) is 8.69. The number of aliphatic hydroxyl groups excluding tert-OH is 1. The molecule has 0 saturated carbocycles. The van der Waals surface area contributed by atoms with Crippen molar-refractivity contribution < 1.29 is 14.6 Å². The molecule has 1 heterocycles. The van der Waals surface area contributed by atoms with E-state index < -0.39 is 6.10 Å². The standard InChI is InChI=1S/C20H20N2O3/c1-13(23)12-25-20(19(24)14-6-3-2-4-7-14)18(21)16-8-5-9-17-15(16)10-11-22-17/h2-11,13,22-23H,12,21H2,1H3. The Labute approximate surface area is 145 Å². The second kappa shape index (κ2) is 7.23. The highest BCUT2D eigenvalue weighted by Crippen LogP contribution is 2.26. The van der Waals surface area contributed by atoms with Crippen molar-refractivity contribution in [3.63, 3.8) is 0 Å². The minimum Gasteiger partial charge on any atom is -0.485 e. The summed E-state index contributed by atoms with van der Waals surface area (Å²) < 4.78 is 5.61. The summed E-state index contributed by atoms with van der Waals surface area (Å²) in [6.45, 7) is 1.57. The third-order valence-corrected chi connectivity index (χ3v) is 3.84. The third-order valence-electron chi connectivity index (χ3n) is 3.84. The van der Waals surface area contributed by atoms with Crippen molar-refractivity contribution in [3.8, 4) is 0 Å². The molecule has 1 aromatic heterocycles. The SMILES string of the molecule is CC(O)COC(C(=O)c1ccccc1)=C(N)c1cccc2[nH]ccc12. The van der Waals surface area contributed by atoms with E-state index >= 15 is 0 Å². The number of H-pyrrole nitrogens is 1. The predicted octanol–water partition coefficient (Wildman–Crippen LogP) is 3.08. The summed E-state index contributed by atoms with van der Waals surface area (Å²) >= 11 is 0. The Kier molecular flexibility index (Phi) is 4.86. The summed E-state index contributed by atoms with van der Waals surface area (Å²) in [5, 5.41) is 10.4. The van der Waals surface area contributed by atoms with Crippen LogP contribution in [-0.4, -0.2) is 28.6 Å². The molecular weight excluding hydrogens is 316 g/mol. The molecule has 3 rings (SSSR count). The Morgan fingerprint density at radius 1 is 1.16 bits per heavy atom. The van der Waals surface area contributed by atoms with E-state index in [-0.39, 0.29) is 23.8 Å². The fourth-order valence-corrected chi connectivity index (χ4v) is 2.63. The molecule has 0 fully saturated rings. The molecule has 0 aliphatic carbocycles. The Morgan fingerprint density at radius 2 is 1.92 bits per heavy atom. The van der Waals surface area contributed by atoms with Crippen molar-refractivity contribution >= 4 is 22.4 Å². The van der Waals surface area contributed by atoms with Gasteiger partial charge >= 0.3 is 0 Å². The van der Waals surface area contributed by atoms with Crippen LogP contribution in [-0.2, 0) is 4.74 Å². The summed E-state index contributed by atoms with van der Waals surface area (Å²) in [6, 6.07) is 16.3. The summed E-state index contributed by atoms with van der Waals surface area (Å²) in [5.74, 6) is -0.271. The van der Waals surface area contributed by atoms with E-state index in [1.807, 2.05) is 36.5 Å². The van der Waals surface area contributed by atoms with Gasteiger partial charge in [-0.05, 0) is 19.1 Å². The number of aromatic nitrogens is 1. The van der Waals surface area contributed by atoms with Gasteiger partial charge in [-0.25, -0.2) is 0 Å². The van der Waals surface area contributed by atoms with Gasteiger partial charge in [-0.15, -0.1) is 0 Å². The summed E-state index contributed by atoms with van der Waals surface area (Å²) in [4.78, 5) is 16.0. The Hall–Kier alpha value is -3.05. The molecule has 4 N–H and O–H groups in total. The molecular formula is C20H20N2O3. The minimum absolute atomic E-state index is 0.0162. The summed E-state index contributed by atoms with van der Waals surface area (Å²) in [7, 11) is 0. The van der Waals surface area contributed by atoms with Gasteiger partial charge in [-0.1, -0.05) is 42.5 Å². The van der Waals surface area contributed by atoms with Crippen LogP contribution in [0.5, 0.6) is 0 Å². The van der Waals surface area contributed by atoms with Crippen LogP contribution in [0.15, 0.2) is 66.6 Å². The molecule has 1 atom stereocenters. The molecule has 0 aliphatic heterocycles. The maximum absolute atomic E-state index is 12.9. The Morgan fingerprint density at radius 3 is 2.64 bits per heavy atom. The normalized spacial score (nSPS) is 13.4. The fraction of sp³-hybridized carbons (Fsp3) is 0.150. The van der Waals surface area contributed by atoms with Crippen LogP contribution in [0.3, 0.4) is 0 Å². The van der Waals surface area contributed by atoms with E-state index in [0.29, 0.717) is 11.1 Å². The van der Waals surface area contributed by atoms with Crippen molar-refractivity contribution in [2.24, 2.45) is 5.73 Å². The van der Waals surface area contributed by atoms with Gasteiger partial charge < -0.3 is 20.6 Å². The molecule has 0 amide bonds. The number of ether oxygens (including phenoxy) is 1.